The van der Waals surface area contributed by atoms with Crippen molar-refractivity contribution in [2.24, 2.45) is 7.05 Å². The van der Waals surface area contributed by atoms with E-state index >= 15 is 0 Å². The number of nitrogens with one attached hydrogen (secondary N) is 2. The molecule has 0 bridgehead atoms. The van der Waals surface area contributed by atoms with Gasteiger partial charge in [0.05, 0.1) is 29.6 Å². The molecule has 1 fully saturated rings. The largest absolute Gasteiger partial charge is 0.378 e. The van der Waals surface area contributed by atoms with Crippen LogP contribution in [0.25, 0.3) is 10.2 Å². The van der Waals surface area contributed by atoms with Gasteiger partial charge in [-0.1, -0.05) is 11.3 Å². The average molecular weight is 435 g/mol. The number of amides is 1. The van der Waals surface area contributed by atoms with E-state index in [0.717, 1.165) is 58.8 Å². The molecule has 1 aliphatic rings. The molecular formula is C22H22N6O2S. The first kappa shape index (κ1) is 19.5. The molecule has 2 aromatic heterocycles. The first-order chi connectivity index (χ1) is 15.2. The lowest BCUT2D eigenvalue weighted by Gasteiger charge is -2.28. The number of rotatable bonds is 5. The molecule has 0 spiro atoms. The second-order valence-electron chi connectivity index (χ2n) is 7.27. The van der Waals surface area contributed by atoms with E-state index in [1.807, 2.05) is 49.5 Å². The quantitative estimate of drug-likeness (QED) is 0.496. The molecule has 2 N–H and O–H groups in total. The van der Waals surface area contributed by atoms with Crippen LogP contribution in [0.3, 0.4) is 0 Å². The second-order valence-corrected chi connectivity index (χ2v) is 8.30. The van der Waals surface area contributed by atoms with E-state index in [4.69, 9.17) is 4.74 Å². The number of nitrogens with zero attached hydrogens (tertiary/aromatic N) is 4. The molecule has 1 saturated heterocycles. The van der Waals surface area contributed by atoms with Crippen LogP contribution in [0.5, 0.6) is 0 Å². The van der Waals surface area contributed by atoms with Crippen LogP contribution in [0.4, 0.5) is 22.3 Å². The minimum atomic E-state index is -0.143. The first-order valence-corrected chi connectivity index (χ1v) is 10.9. The Balaban J connectivity index is 1.28. The van der Waals surface area contributed by atoms with Gasteiger partial charge in [0.2, 0.25) is 0 Å². The number of hydrogen-bond donors (Lipinski definition) is 2. The van der Waals surface area contributed by atoms with Gasteiger partial charge in [-0.15, -0.1) is 0 Å². The summed E-state index contributed by atoms with van der Waals surface area (Å²) in [6, 6.07) is 15.4. The molecule has 0 unspecified atom stereocenters. The van der Waals surface area contributed by atoms with Crippen molar-refractivity contribution in [1.82, 2.24) is 14.8 Å². The minimum Gasteiger partial charge on any atom is -0.378 e. The monoisotopic (exact) mass is 434 g/mol. The Kier molecular flexibility index (Phi) is 5.27. The van der Waals surface area contributed by atoms with E-state index in [1.54, 1.807) is 16.9 Å². The summed E-state index contributed by atoms with van der Waals surface area (Å²) in [5, 5.41) is 11.1. The number of aromatic nitrogens is 3. The number of carbonyl (C=O) groups excluding carboxylic acids is 1. The lowest BCUT2D eigenvalue weighted by molar-refractivity contribution is 0.102. The summed E-state index contributed by atoms with van der Waals surface area (Å²) in [7, 11) is 1.87. The number of thiazole rings is 1. The van der Waals surface area contributed by atoms with Gasteiger partial charge in [0.25, 0.3) is 5.91 Å². The van der Waals surface area contributed by atoms with Gasteiger partial charge >= 0.3 is 0 Å². The maximum Gasteiger partial charge on any atom is 0.255 e. The standard InChI is InChI=1S/C22H22N6O2S/c1-27-20(8-9-23-27)26-22-25-18-7-2-15(14-19(18)31-22)21(29)24-16-3-5-17(6-4-16)28-10-12-30-13-11-28/h2-9,14H,10-13H2,1H3,(H,24,29)(H,25,26). The van der Waals surface area contributed by atoms with Gasteiger partial charge in [-0.05, 0) is 42.5 Å². The van der Waals surface area contributed by atoms with Gasteiger partial charge in [-0.2, -0.15) is 5.10 Å². The van der Waals surface area contributed by atoms with Gasteiger partial charge in [-0.3, -0.25) is 9.48 Å². The summed E-state index contributed by atoms with van der Waals surface area (Å²) in [5.41, 5.74) is 3.35. The third-order valence-electron chi connectivity index (χ3n) is 5.21. The van der Waals surface area contributed by atoms with Crippen LogP contribution >= 0.6 is 11.3 Å². The zero-order valence-corrected chi connectivity index (χ0v) is 17.9. The Bertz CT molecular complexity index is 1210. The van der Waals surface area contributed by atoms with Crippen LogP contribution in [-0.4, -0.2) is 47.0 Å². The zero-order chi connectivity index (χ0) is 21.2. The molecule has 5 rings (SSSR count). The molecule has 0 atom stereocenters. The molecule has 158 valence electrons. The van der Waals surface area contributed by atoms with Crippen molar-refractivity contribution in [2.75, 3.05) is 41.8 Å². The van der Waals surface area contributed by atoms with Crippen molar-refractivity contribution in [1.29, 1.82) is 0 Å². The SMILES string of the molecule is Cn1nccc1Nc1nc2ccc(C(=O)Nc3ccc(N4CCOCC4)cc3)cc2s1. The van der Waals surface area contributed by atoms with Gasteiger partial charge in [0, 0.05) is 43.1 Å². The molecule has 1 aliphatic heterocycles. The molecule has 0 radical (unpaired) electrons. The Labute approximate surface area is 183 Å². The number of ether oxygens (including phenoxy) is 1. The second kappa shape index (κ2) is 8.37. The molecule has 3 heterocycles. The van der Waals surface area contributed by atoms with E-state index in [9.17, 15) is 4.79 Å². The number of aryl methyl sites for hydroxylation is 1. The highest BCUT2D eigenvalue weighted by atomic mass is 32.1. The lowest BCUT2D eigenvalue weighted by Crippen LogP contribution is -2.36. The van der Waals surface area contributed by atoms with Gasteiger partial charge < -0.3 is 20.3 Å². The van der Waals surface area contributed by atoms with Gasteiger partial charge in [-0.25, -0.2) is 4.98 Å². The summed E-state index contributed by atoms with van der Waals surface area (Å²) in [5.74, 6) is 0.716. The molecule has 0 aliphatic carbocycles. The Hall–Kier alpha value is -3.43. The fourth-order valence-corrected chi connectivity index (χ4v) is 4.42. The smallest absolute Gasteiger partial charge is 0.255 e. The molecule has 9 heteroatoms. The Morgan fingerprint density at radius 3 is 2.65 bits per heavy atom. The fraction of sp³-hybridized carbons (Fsp3) is 0.227. The van der Waals surface area contributed by atoms with E-state index in [1.165, 1.54) is 11.3 Å². The summed E-state index contributed by atoms with van der Waals surface area (Å²) in [6.07, 6.45) is 1.73. The Morgan fingerprint density at radius 1 is 1.10 bits per heavy atom. The maximum absolute atomic E-state index is 12.8. The molecule has 2 aromatic carbocycles. The molecular weight excluding hydrogens is 412 g/mol. The third kappa shape index (κ3) is 4.23. The van der Waals surface area contributed by atoms with E-state index in [2.05, 4.69) is 25.6 Å². The first-order valence-electron chi connectivity index (χ1n) is 10.1. The van der Waals surface area contributed by atoms with Gasteiger partial charge in [0.1, 0.15) is 5.82 Å². The predicted octanol–water partition coefficient (Wildman–Crippen LogP) is 3.86. The van der Waals surface area contributed by atoms with E-state index in [0.29, 0.717) is 5.56 Å². The third-order valence-corrected chi connectivity index (χ3v) is 6.14. The van der Waals surface area contributed by atoms with Crippen LogP contribution in [0.1, 0.15) is 10.4 Å². The van der Waals surface area contributed by atoms with E-state index < -0.39 is 0 Å². The van der Waals surface area contributed by atoms with Crippen LogP contribution in [0.2, 0.25) is 0 Å². The minimum absolute atomic E-state index is 0.143. The molecule has 0 saturated carbocycles. The van der Waals surface area contributed by atoms with Crippen molar-refractivity contribution in [3.05, 3.63) is 60.3 Å². The summed E-state index contributed by atoms with van der Waals surface area (Å²) in [4.78, 5) is 19.6. The topological polar surface area (TPSA) is 84.3 Å². The van der Waals surface area contributed by atoms with Crippen molar-refractivity contribution in [2.45, 2.75) is 0 Å². The Morgan fingerprint density at radius 2 is 1.90 bits per heavy atom. The number of benzene rings is 2. The van der Waals surface area contributed by atoms with Crippen molar-refractivity contribution >= 4 is 49.8 Å². The van der Waals surface area contributed by atoms with Crippen molar-refractivity contribution < 1.29 is 9.53 Å². The number of anilines is 4. The van der Waals surface area contributed by atoms with Crippen LogP contribution < -0.4 is 15.5 Å². The summed E-state index contributed by atoms with van der Waals surface area (Å²) < 4.78 is 8.09. The maximum atomic E-state index is 12.8. The number of carbonyl (C=O) groups is 1. The van der Waals surface area contributed by atoms with Crippen LogP contribution in [-0.2, 0) is 11.8 Å². The van der Waals surface area contributed by atoms with Crippen LogP contribution in [0.15, 0.2) is 54.7 Å². The average Bonchev–Trinajstić information content (AvgIpc) is 3.39. The zero-order valence-electron chi connectivity index (χ0n) is 17.0. The molecule has 1 amide bonds. The van der Waals surface area contributed by atoms with E-state index in [-0.39, 0.29) is 5.91 Å². The highest BCUT2D eigenvalue weighted by molar-refractivity contribution is 7.22. The number of morpholine rings is 1. The molecule has 4 aromatic rings. The van der Waals surface area contributed by atoms with Gasteiger partial charge in [0.15, 0.2) is 5.13 Å². The highest BCUT2D eigenvalue weighted by Crippen LogP contribution is 2.29. The molecule has 8 nitrogen and oxygen atoms in total. The fourth-order valence-electron chi connectivity index (χ4n) is 3.51. The van der Waals surface area contributed by atoms with Crippen LogP contribution in [0, 0.1) is 0 Å². The highest BCUT2D eigenvalue weighted by Gasteiger charge is 2.13. The van der Waals surface area contributed by atoms with Crippen molar-refractivity contribution in [3.8, 4) is 0 Å². The summed E-state index contributed by atoms with van der Waals surface area (Å²) in [6.45, 7) is 3.27. The summed E-state index contributed by atoms with van der Waals surface area (Å²) >= 11 is 1.50. The normalized spacial score (nSPS) is 14.0. The number of hydrogen-bond acceptors (Lipinski definition) is 7. The van der Waals surface area contributed by atoms with Crippen molar-refractivity contribution in [3.63, 3.8) is 0 Å². The predicted molar refractivity (Wildman–Crippen MR) is 124 cm³/mol. The lowest BCUT2D eigenvalue weighted by atomic mass is 10.2. The number of fused-ring (bicyclic) bond motifs is 1. The molecule has 31 heavy (non-hydrogen) atoms.